The van der Waals surface area contributed by atoms with Gasteiger partial charge in [0.1, 0.15) is 5.75 Å². The van der Waals surface area contributed by atoms with E-state index in [0.29, 0.717) is 23.3 Å². The van der Waals surface area contributed by atoms with E-state index in [2.05, 4.69) is 4.84 Å². The highest BCUT2D eigenvalue weighted by atomic mass is 16.6. The first-order valence-electron chi connectivity index (χ1n) is 3.31. The number of methoxy groups -OCH3 is 1. The second kappa shape index (κ2) is 3.73. The zero-order valence-electron chi connectivity index (χ0n) is 6.61. The normalized spacial score (nSPS) is 9.17. The van der Waals surface area contributed by atoms with Crippen molar-refractivity contribution in [1.29, 1.82) is 0 Å². The van der Waals surface area contributed by atoms with Crippen molar-refractivity contribution in [3.05, 3.63) is 23.8 Å². The van der Waals surface area contributed by atoms with Gasteiger partial charge in [-0.25, -0.2) is 0 Å². The van der Waals surface area contributed by atoms with Crippen molar-refractivity contribution >= 4 is 6.29 Å². The van der Waals surface area contributed by atoms with Crippen LogP contribution in [0.3, 0.4) is 0 Å². The molecule has 0 radical (unpaired) electrons. The molecule has 0 saturated carbocycles. The molecule has 0 atom stereocenters. The van der Waals surface area contributed by atoms with Crippen LogP contribution in [0.4, 0.5) is 0 Å². The van der Waals surface area contributed by atoms with Crippen molar-refractivity contribution in [3.8, 4) is 11.5 Å². The van der Waals surface area contributed by atoms with E-state index in [0.717, 1.165) is 0 Å². The van der Waals surface area contributed by atoms with E-state index in [1.54, 1.807) is 18.2 Å². The van der Waals surface area contributed by atoms with Gasteiger partial charge in [0.2, 0.25) is 0 Å². The van der Waals surface area contributed by atoms with Gasteiger partial charge in [-0.3, -0.25) is 4.79 Å². The van der Waals surface area contributed by atoms with Gasteiger partial charge in [-0.1, -0.05) is 0 Å². The molecule has 0 aliphatic rings. The topological polar surface area (TPSA) is 61.5 Å². The van der Waals surface area contributed by atoms with Crippen molar-refractivity contribution in [3.63, 3.8) is 0 Å². The van der Waals surface area contributed by atoms with Crippen LogP contribution < -0.4 is 15.5 Å². The molecule has 12 heavy (non-hydrogen) atoms. The molecule has 0 bridgehead atoms. The molecular weight excluding hydrogens is 158 g/mol. The molecule has 0 aliphatic heterocycles. The minimum absolute atomic E-state index is 0.310. The summed E-state index contributed by atoms with van der Waals surface area (Å²) in [5, 5.41) is 0. The average molecular weight is 167 g/mol. The summed E-state index contributed by atoms with van der Waals surface area (Å²) >= 11 is 0. The zero-order valence-corrected chi connectivity index (χ0v) is 6.61. The Morgan fingerprint density at radius 2 is 2.25 bits per heavy atom. The van der Waals surface area contributed by atoms with Crippen LogP contribution in [0, 0.1) is 0 Å². The monoisotopic (exact) mass is 167 g/mol. The van der Waals surface area contributed by atoms with E-state index < -0.39 is 0 Å². The van der Waals surface area contributed by atoms with Gasteiger partial charge in [-0.05, 0) is 12.1 Å². The van der Waals surface area contributed by atoms with Gasteiger partial charge in [0.15, 0.2) is 12.0 Å². The predicted molar refractivity (Wildman–Crippen MR) is 43.2 cm³/mol. The van der Waals surface area contributed by atoms with Gasteiger partial charge in [0, 0.05) is 6.07 Å². The van der Waals surface area contributed by atoms with Crippen molar-refractivity contribution in [2.45, 2.75) is 0 Å². The van der Waals surface area contributed by atoms with Crippen LogP contribution in [0.15, 0.2) is 18.2 Å². The van der Waals surface area contributed by atoms with Crippen LogP contribution in [0.5, 0.6) is 11.5 Å². The molecule has 0 fully saturated rings. The Labute approximate surface area is 69.8 Å². The fraction of sp³-hybridized carbons (Fsp3) is 0.125. The number of carbonyl (C=O) groups excluding carboxylic acids is 1. The molecule has 0 aliphatic carbocycles. The second-order valence-electron chi connectivity index (χ2n) is 2.14. The lowest BCUT2D eigenvalue weighted by Crippen LogP contribution is -2.04. The summed E-state index contributed by atoms with van der Waals surface area (Å²) in [5.74, 6) is 5.84. The molecule has 4 heteroatoms. The molecule has 2 N–H and O–H groups in total. The third-order valence-corrected chi connectivity index (χ3v) is 1.47. The molecule has 0 amide bonds. The van der Waals surface area contributed by atoms with Crippen molar-refractivity contribution in [2.75, 3.05) is 7.11 Å². The van der Waals surface area contributed by atoms with Crippen molar-refractivity contribution < 1.29 is 14.4 Å². The molecule has 1 rings (SSSR count). The SMILES string of the molecule is COc1ccc(C=O)c(ON)c1. The third-order valence-electron chi connectivity index (χ3n) is 1.47. The van der Waals surface area contributed by atoms with E-state index in [9.17, 15) is 4.79 Å². The van der Waals surface area contributed by atoms with Gasteiger partial charge in [-0.15, -0.1) is 0 Å². The summed E-state index contributed by atoms with van der Waals surface area (Å²) in [5.41, 5.74) is 0.401. The number of benzene rings is 1. The predicted octanol–water partition coefficient (Wildman–Crippen LogP) is 0.760. The lowest BCUT2D eigenvalue weighted by Gasteiger charge is -2.04. The first-order valence-corrected chi connectivity index (χ1v) is 3.31. The number of aldehydes is 1. The maximum Gasteiger partial charge on any atom is 0.161 e. The molecular formula is C8H9NO3. The average Bonchev–Trinajstić information content (AvgIpc) is 2.16. The summed E-state index contributed by atoms with van der Waals surface area (Å²) in [6, 6.07) is 4.78. The number of hydrogen-bond donors (Lipinski definition) is 1. The first kappa shape index (κ1) is 8.55. The Bertz CT molecular complexity index is 286. The van der Waals surface area contributed by atoms with Gasteiger partial charge in [0.25, 0.3) is 0 Å². The molecule has 1 aromatic rings. The fourth-order valence-corrected chi connectivity index (χ4v) is 0.841. The number of nitrogens with two attached hydrogens (primary N) is 1. The smallest absolute Gasteiger partial charge is 0.161 e. The Hall–Kier alpha value is -1.55. The molecule has 0 unspecified atom stereocenters. The minimum Gasteiger partial charge on any atom is -0.497 e. The van der Waals surface area contributed by atoms with Crippen LogP contribution in [0.25, 0.3) is 0 Å². The molecule has 0 aromatic heterocycles. The molecule has 64 valence electrons. The Morgan fingerprint density at radius 3 is 2.75 bits per heavy atom. The summed E-state index contributed by atoms with van der Waals surface area (Å²) in [4.78, 5) is 14.9. The van der Waals surface area contributed by atoms with E-state index >= 15 is 0 Å². The fourth-order valence-electron chi connectivity index (χ4n) is 0.841. The highest BCUT2D eigenvalue weighted by molar-refractivity contribution is 5.79. The maximum absolute atomic E-state index is 10.4. The molecule has 0 saturated heterocycles. The minimum atomic E-state index is 0.310. The third kappa shape index (κ3) is 1.54. The standard InChI is InChI=1S/C8H9NO3/c1-11-7-3-2-6(5-10)8(4-7)12-9/h2-5H,9H2,1H3. The van der Waals surface area contributed by atoms with Crippen LogP contribution in [0.2, 0.25) is 0 Å². The van der Waals surface area contributed by atoms with E-state index in [1.165, 1.54) is 7.11 Å². The largest absolute Gasteiger partial charge is 0.497 e. The Balaban J connectivity index is 3.10. The summed E-state index contributed by atoms with van der Waals surface area (Å²) < 4.78 is 4.90. The first-order chi connectivity index (χ1) is 5.81. The Morgan fingerprint density at radius 1 is 1.50 bits per heavy atom. The van der Waals surface area contributed by atoms with E-state index in [-0.39, 0.29) is 0 Å². The van der Waals surface area contributed by atoms with Crippen molar-refractivity contribution in [2.24, 2.45) is 5.90 Å². The summed E-state index contributed by atoms with van der Waals surface area (Å²) in [6.07, 6.45) is 0.668. The maximum atomic E-state index is 10.4. The second-order valence-corrected chi connectivity index (χ2v) is 2.14. The number of ether oxygens (including phenoxy) is 1. The lowest BCUT2D eigenvalue weighted by molar-refractivity contribution is 0.111. The van der Waals surface area contributed by atoms with Gasteiger partial charge >= 0.3 is 0 Å². The molecule has 0 spiro atoms. The number of carbonyl (C=O) groups is 1. The van der Waals surface area contributed by atoms with Crippen molar-refractivity contribution in [1.82, 2.24) is 0 Å². The molecule has 4 nitrogen and oxygen atoms in total. The highest BCUT2D eigenvalue weighted by Crippen LogP contribution is 2.22. The van der Waals surface area contributed by atoms with Gasteiger partial charge in [0.05, 0.1) is 12.7 Å². The van der Waals surface area contributed by atoms with Crippen LogP contribution in [0.1, 0.15) is 10.4 Å². The van der Waals surface area contributed by atoms with E-state index in [4.69, 9.17) is 10.6 Å². The van der Waals surface area contributed by atoms with E-state index in [1.807, 2.05) is 0 Å². The van der Waals surface area contributed by atoms with Crippen LogP contribution in [-0.4, -0.2) is 13.4 Å². The number of rotatable bonds is 3. The quantitative estimate of drug-likeness (QED) is 0.533. The van der Waals surface area contributed by atoms with Crippen LogP contribution >= 0.6 is 0 Å². The number of hydrogen-bond acceptors (Lipinski definition) is 4. The molecule has 1 aromatic carbocycles. The van der Waals surface area contributed by atoms with Gasteiger partial charge < -0.3 is 9.57 Å². The lowest BCUT2D eigenvalue weighted by atomic mass is 10.2. The summed E-state index contributed by atoms with van der Waals surface area (Å²) in [7, 11) is 1.52. The zero-order chi connectivity index (χ0) is 8.97. The summed E-state index contributed by atoms with van der Waals surface area (Å²) in [6.45, 7) is 0. The molecule has 0 heterocycles. The Kier molecular flexibility index (Phi) is 2.66. The van der Waals surface area contributed by atoms with Gasteiger partial charge in [-0.2, -0.15) is 5.90 Å². The highest BCUT2D eigenvalue weighted by Gasteiger charge is 2.03. The van der Waals surface area contributed by atoms with Crippen LogP contribution in [-0.2, 0) is 0 Å².